The molecule has 0 bridgehead atoms. The van der Waals surface area contributed by atoms with Gasteiger partial charge >= 0.3 is 0 Å². The molecule has 2 N–H and O–H groups in total. The van der Waals surface area contributed by atoms with Crippen LogP contribution in [0.4, 0.5) is 5.69 Å². The van der Waals surface area contributed by atoms with Gasteiger partial charge in [0.15, 0.2) is 0 Å². The first kappa shape index (κ1) is 16.1. The Kier molecular flexibility index (Phi) is 5.11. The van der Waals surface area contributed by atoms with Gasteiger partial charge in [-0.1, -0.05) is 30.9 Å². The Hall–Kier alpha value is -1.27. The van der Waals surface area contributed by atoms with Crippen LogP contribution < -0.4 is 10.0 Å². The first-order valence-electron chi connectivity index (χ1n) is 6.93. The molecule has 0 heterocycles. The molecule has 5 nitrogen and oxygen atoms in total. The zero-order valence-electron chi connectivity index (χ0n) is 11.9. The van der Waals surface area contributed by atoms with Crippen molar-refractivity contribution >= 4 is 33.2 Å². The molecule has 7 heteroatoms. The van der Waals surface area contributed by atoms with Gasteiger partial charge in [-0.2, -0.15) is 0 Å². The molecule has 0 radical (unpaired) electrons. The van der Waals surface area contributed by atoms with E-state index in [-0.39, 0.29) is 17.5 Å². The number of benzene rings is 1. The SMILES string of the molecule is CS(=O)(=O)Nc1ccc(Cl)c(C(=O)NC2CCCCC2)c1. The fourth-order valence-electron chi connectivity index (χ4n) is 2.49. The predicted octanol–water partition coefficient (Wildman–Crippen LogP) is 2.77. The maximum Gasteiger partial charge on any atom is 0.253 e. The third-order valence-electron chi connectivity index (χ3n) is 3.45. The number of hydrogen-bond acceptors (Lipinski definition) is 3. The summed E-state index contributed by atoms with van der Waals surface area (Å²) in [5, 5.41) is 3.27. The minimum Gasteiger partial charge on any atom is -0.349 e. The summed E-state index contributed by atoms with van der Waals surface area (Å²) in [5.41, 5.74) is 0.617. The van der Waals surface area contributed by atoms with E-state index in [0.717, 1.165) is 31.9 Å². The number of hydrogen-bond donors (Lipinski definition) is 2. The molecule has 0 saturated heterocycles. The van der Waals surface area contributed by atoms with E-state index in [1.54, 1.807) is 0 Å². The van der Waals surface area contributed by atoms with Crippen LogP contribution in [0.25, 0.3) is 0 Å². The molecular formula is C14H19ClN2O3S. The summed E-state index contributed by atoms with van der Waals surface area (Å²) in [6.45, 7) is 0. The highest BCUT2D eigenvalue weighted by Gasteiger charge is 2.19. The topological polar surface area (TPSA) is 75.3 Å². The van der Waals surface area contributed by atoms with Crippen molar-refractivity contribution in [1.82, 2.24) is 5.32 Å². The van der Waals surface area contributed by atoms with Crippen molar-refractivity contribution in [1.29, 1.82) is 0 Å². The maximum absolute atomic E-state index is 12.3. The normalized spacial score (nSPS) is 16.5. The van der Waals surface area contributed by atoms with Crippen LogP contribution in [0.3, 0.4) is 0 Å². The largest absolute Gasteiger partial charge is 0.349 e. The molecule has 0 aliphatic heterocycles. The molecule has 0 unspecified atom stereocenters. The third-order valence-corrected chi connectivity index (χ3v) is 4.39. The molecule has 1 aliphatic carbocycles. The number of carbonyl (C=O) groups excluding carboxylic acids is 1. The Labute approximate surface area is 130 Å². The second kappa shape index (κ2) is 6.66. The van der Waals surface area contributed by atoms with Gasteiger partial charge in [0.25, 0.3) is 5.91 Å². The second-order valence-electron chi connectivity index (χ2n) is 5.38. The maximum atomic E-state index is 12.3. The lowest BCUT2D eigenvalue weighted by Crippen LogP contribution is -2.36. The van der Waals surface area contributed by atoms with Gasteiger partial charge in [-0.3, -0.25) is 9.52 Å². The molecule has 0 atom stereocenters. The van der Waals surface area contributed by atoms with E-state index < -0.39 is 10.0 Å². The summed E-state index contributed by atoms with van der Waals surface area (Å²) in [6.07, 6.45) is 6.46. The van der Waals surface area contributed by atoms with E-state index in [2.05, 4.69) is 10.0 Å². The number of rotatable bonds is 4. The average Bonchev–Trinajstić information content (AvgIpc) is 2.40. The van der Waals surface area contributed by atoms with Gasteiger partial charge in [0, 0.05) is 11.7 Å². The number of halogens is 1. The average molecular weight is 331 g/mol. The minimum absolute atomic E-state index is 0.175. The van der Waals surface area contributed by atoms with Gasteiger partial charge in [-0.15, -0.1) is 0 Å². The van der Waals surface area contributed by atoms with E-state index in [1.165, 1.54) is 24.6 Å². The Morgan fingerprint density at radius 3 is 2.52 bits per heavy atom. The molecule has 1 amide bonds. The Balaban J connectivity index is 2.13. The van der Waals surface area contributed by atoms with Crippen LogP contribution in [0.2, 0.25) is 5.02 Å². The lowest BCUT2D eigenvalue weighted by atomic mass is 9.95. The number of amides is 1. The summed E-state index contributed by atoms with van der Waals surface area (Å²) in [4.78, 5) is 12.3. The van der Waals surface area contributed by atoms with Crippen LogP contribution in [-0.4, -0.2) is 26.6 Å². The summed E-state index contributed by atoms with van der Waals surface area (Å²) in [7, 11) is -3.38. The quantitative estimate of drug-likeness (QED) is 0.891. The summed E-state index contributed by atoms with van der Waals surface area (Å²) in [6, 6.07) is 4.68. The number of anilines is 1. The predicted molar refractivity (Wildman–Crippen MR) is 84.3 cm³/mol. The molecule has 21 heavy (non-hydrogen) atoms. The van der Waals surface area contributed by atoms with Crippen molar-refractivity contribution in [2.45, 2.75) is 38.1 Å². The minimum atomic E-state index is -3.38. The Morgan fingerprint density at radius 1 is 1.24 bits per heavy atom. The molecule has 116 valence electrons. The molecule has 1 aromatic carbocycles. The number of carbonyl (C=O) groups is 1. The van der Waals surface area contributed by atoms with E-state index in [1.807, 2.05) is 0 Å². The summed E-state index contributed by atoms with van der Waals surface area (Å²) in [5.74, 6) is -0.260. The van der Waals surface area contributed by atoms with E-state index >= 15 is 0 Å². The van der Waals surface area contributed by atoms with Gasteiger partial charge in [-0.05, 0) is 31.0 Å². The first-order valence-corrected chi connectivity index (χ1v) is 9.20. The molecule has 2 rings (SSSR count). The fourth-order valence-corrected chi connectivity index (χ4v) is 3.25. The van der Waals surface area contributed by atoms with Gasteiger partial charge < -0.3 is 5.32 Å². The Bertz CT molecular complexity index is 625. The van der Waals surface area contributed by atoms with Crippen LogP contribution >= 0.6 is 11.6 Å². The van der Waals surface area contributed by atoms with Crippen LogP contribution in [0.1, 0.15) is 42.5 Å². The van der Waals surface area contributed by atoms with E-state index in [4.69, 9.17) is 11.6 Å². The molecule has 1 aromatic rings. The molecule has 0 spiro atoms. The Morgan fingerprint density at radius 2 is 1.90 bits per heavy atom. The van der Waals surface area contributed by atoms with Crippen LogP contribution in [0, 0.1) is 0 Å². The lowest BCUT2D eigenvalue weighted by Gasteiger charge is -2.23. The van der Waals surface area contributed by atoms with Crippen molar-refractivity contribution in [3.63, 3.8) is 0 Å². The second-order valence-corrected chi connectivity index (χ2v) is 7.53. The van der Waals surface area contributed by atoms with Crippen molar-refractivity contribution in [2.75, 3.05) is 11.0 Å². The van der Waals surface area contributed by atoms with Crippen molar-refractivity contribution in [3.8, 4) is 0 Å². The smallest absolute Gasteiger partial charge is 0.253 e. The number of nitrogens with one attached hydrogen (secondary N) is 2. The zero-order chi connectivity index (χ0) is 15.5. The van der Waals surface area contributed by atoms with Crippen LogP contribution in [0.15, 0.2) is 18.2 Å². The summed E-state index contributed by atoms with van der Waals surface area (Å²) >= 11 is 6.04. The van der Waals surface area contributed by atoms with Crippen LogP contribution in [-0.2, 0) is 10.0 Å². The van der Waals surface area contributed by atoms with Gasteiger partial charge in [0.05, 0.1) is 16.8 Å². The highest BCUT2D eigenvalue weighted by molar-refractivity contribution is 7.92. The van der Waals surface area contributed by atoms with Crippen molar-refractivity contribution in [3.05, 3.63) is 28.8 Å². The van der Waals surface area contributed by atoms with Crippen molar-refractivity contribution in [2.24, 2.45) is 0 Å². The van der Waals surface area contributed by atoms with Crippen molar-refractivity contribution < 1.29 is 13.2 Å². The fraction of sp³-hybridized carbons (Fsp3) is 0.500. The molecule has 0 aromatic heterocycles. The zero-order valence-corrected chi connectivity index (χ0v) is 13.4. The van der Waals surface area contributed by atoms with Gasteiger partial charge in [0.1, 0.15) is 0 Å². The highest BCUT2D eigenvalue weighted by atomic mass is 35.5. The summed E-state index contributed by atoms with van der Waals surface area (Å²) < 4.78 is 24.8. The monoisotopic (exact) mass is 330 g/mol. The standard InChI is InChI=1S/C14H19ClN2O3S/c1-21(19,20)17-11-7-8-13(15)12(9-11)14(18)16-10-5-3-2-4-6-10/h7-10,17H,2-6H2,1H3,(H,16,18). The highest BCUT2D eigenvalue weighted by Crippen LogP contribution is 2.23. The van der Waals surface area contributed by atoms with Gasteiger partial charge in [0.2, 0.25) is 10.0 Å². The van der Waals surface area contributed by atoms with E-state index in [0.29, 0.717) is 10.7 Å². The molecule has 1 saturated carbocycles. The van der Waals surface area contributed by atoms with Crippen LogP contribution in [0.5, 0.6) is 0 Å². The van der Waals surface area contributed by atoms with E-state index in [9.17, 15) is 13.2 Å². The molecular weight excluding hydrogens is 312 g/mol. The lowest BCUT2D eigenvalue weighted by molar-refractivity contribution is 0.0928. The first-order chi connectivity index (χ1) is 9.85. The molecule has 1 aliphatic rings. The van der Waals surface area contributed by atoms with Gasteiger partial charge in [-0.25, -0.2) is 8.42 Å². The molecule has 1 fully saturated rings. The third kappa shape index (κ3) is 4.89. The number of sulfonamides is 1.